The van der Waals surface area contributed by atoms with Gasteiger partial charge in [-0.3, -0.25) is 0 Å². The third kappa shape index (κ3) is 4.94. The summed E-state index contributed by atoms with van der Waals surface area (Å²) in [6.07, 6.45) is -0.328. The Morgan fingerprint density at radius 2 is 1.83 bits per heavy atom. The Bertz CT molecular complexity index is 677. The molecule has 1 atom stereocenters. The SMILES string of the molecule is Cc1cc(-c2ccc(OC[C@H](C)CC(C)C)c(C(F)F)n2)ncn1. The Kier molecular flexibility index (Phi) is 6.17. The van der Waals surface area contributed by atoms with Gasteiger partial charge in [0.25, 0.3) is 6.43 Å². The summed E-state index contributed by atoms with van der Waals surface area (Å²) in [5, 5.41) is 0. The van der Waals surface area contributed by atoms with Gasteiger partial charge in [0.15, 0.2) is 0 Å². The summed E-state index contributed by atoms with van der Waals surface area (Å²) in [4.78, 5) is 12.1. The topological polar surface area (TPSA) is 47.9 Å². The van der Waals surface area contributed by atoms with E-state index in [1.807, 2.05) is 13.8 Å². The Hall–Kier alpha value is -2.11. The van der Waals surface area contributed by atoms with Gasteiger partial charge >= 0.3 is 0 Å². The predicted molar refractivity (Wildman–Crippen MR) is 89.1 cm³/mol. The highest BCUT2D eigenvalue weighted by Crippen LogP contribution is 2.30. The van der Waals surface area contributed by atoms with Crippen LogP contribution in [-0.2, 0) is 0 Å². The molecule has 0 amide bonds. The van der Waals surface area contributed by atoms with E-state index in [4.69, 9.17) is 4.74 Å². The first-order valence-corrected chi connectivity index (χ1v) is 8.07. The van der Waals surface area contributed by atoms with Crippen LogP contribution >= 0.6 is 0 Å². The molecule has 2 heterocycles. The van der Waals surface area contributed by atoms with Crippen molar-refractivity contribution in [1.29, 1.82) is 0 Å². The molecule has 0 aliphatic rings. The number of hydrogen-bond donors (Lipinski definition) is 0. The van der Waals surface area contributed by atoms with Crippen LogP contribution in [0.4, 0.5) is 8.78 Å². The molecule has 0 unspecified atom stereocenters. The van der Waals surface area contributed by atoms with Gasteiger partial charge in [-0.25, -0.2) is 23.7 Å². The average molecular weight is 335 g/mol. The number of aryl methyl sites for hydroxylation is 1. The molecule has 0 aliphatic carbocycles. The highest BCUT2D eigenvalue weighted by molar-refractivity contribution is 5.55. The third-order valence-electron chi connectivity index (χ3n) is 3.56. The smallest absolute Gasteiger partial charge is 0.284 e. The number of halogens is 2. The lowest BCUT2D eigenvalue weighted by Gasteiger charge is -2.17. The van der Waals surface area contributed by atoms with E-state index < -0.39 is 6.43 Å². The molecule has 6 heteroatoms. The average Bonchev–Trinajstić information content (AvgIpc) is 2.52. The summed E-state index contributed by atoms with van der Waals surface area (Å²) in [6.45, 7) is 8.51. The van der Waals surface area contributed by atoms with Crippen molar-refractivity contribution in [1.82, 2.24) is 15.0 Å². The second-order valence-electron chi connectivity index (χ2n) is 6.47. The van der Waals surface area contributed by atoms with Crippen molar-refractivity contribution in [3.05, 3.63) is 35.9 Å². The molecule has 0 saturated carbocycles. The molecule has 0 bridgehead atoms. The molecule has 0 aromatic carbocycles. The van der Waals surface area contributed by atoms with Crippen molar-refractivity contribution in [2.45, 2.75) is 40.5 Å². The number of hydrogen-bond acceptors (Lipinski definition) is 4. The number of pyridine rings is 1. The Morgan fingerprint density at radius 3 is 2.46 bits per heavy atom. The molecule has 24 heavy (non-hydrogen) atoms. The molecule has 4 nitrogen and oxygen atoms in total. The Balaban J connectivity index is 2.21. The molecule has 0 radical (unpaired) electrons. The lowest BCUT2D eigenvalue weighted by atomic mass is 10.00. The van der Waals surface area contributed by atoms with Gasteiger partial charge < -0.3 is 4.74 Å². The molecule has 0 aliphatic heterocycles. The van der Waals surface area contributed by atoms with Gasteiger partial charge in [0, 0.05) is 5.69 Å². The van der Waals surface area contributed by atoms with Crippen LogP contribution in [0.5, 0.6) is 5.75 Å². The molecule has 0 saturated heterocycles. The van der Waals surface area contributed by atoms with Gasteiger partial charge in [-0.1, -0.05) is 20.8 Å². The van der Waals surface area contributed by atoms with E-state index in [0.29, 0.717) is 29.8 Å². The second-order valence-corrected chi connectivity index (χ2v) is 6.47. The second kappa shape index (κ2) is 8.13. The van der Waals surface area contributed by atoms with Crippen LogP contribution < -0.4 is 4.74 Å². The van der Waals surface area contributed by atoms with E-state index in [1.54, 1.807) is 18.2 Å². The zero-order valence-electron chi connectivity index (χ0n) is 14.5. The van der Waals surface area contributed by atoms with E-state index in [9.17, 15) is 8.78 Å². The summed E-state index contributed by atoms with van der Waals surface area (Å²) in [5.41, 5.74) is 1.31. The molecule has 2 aromatic heterocycles. The first kappa shape index (κ1) is 18.2. The summed E-state index contributed by atoms with van der Waals surface area (Å²) in [6, 6.07) is 4.91. The number of rotatable bonds is 7. The lowest BCUT2D eigenvalue weighted by Crippen LogP contribution is -2.12. The largest absolute Gasteiger partial charge is 0.491 e. The molecule has 2 aromatic rings. The standard InChI is InChI=1S/C18H23F2N3O/c1-11(2)7-12(3)9-24-16-6-5-14(23-17(16)18(19)20)15-8-13(4)21-10-22-15/h5-6,8,10-12,18H,7,9H2,1-4H3/t12-/m1/s1. The van der Waals surface area contributed by atoms with Gasteiger partial charge in [0.2, 0.25) is 0 Å². The third-order valence-corrected chi connectivity index (χ3v) is 3.56. The fourth-order valence-electron chi connectivity index (χ4n) is 2.58. The zero-order chi connectivity index (χ0) is 17.7. The van der Waals surface area contributed by atoms with Crippen LogP contribution in [0.15, 0.2) is 24.5 Å². The molecule has 0 fully saturated rings. The van der Waals surface area contributed by atoms with Gasteiger partial charge in [-0.2, -0.15) is 0 Å². The number of ether oxygens (including phenoxy) is 1. The van der Waals surface area contributed by atoms with E-state index in [1.165, 1.54) is 6.33 Å². The zero-order valence-corrected chi connectivity index (χ0v) is 14.5. The summed E-state index contributed by atoms with van der Waals surface area (Å²) < 4.78 is 32.3. The quantitative estimate of drug-likeness (QED) is 0.726. The van der Waals surface area contributed by atoms with Gasteiger partial charge in [0.1, 0.15) is 17.8 Å². The maximum atomic E-state index is 13.4. The van der Waals surface area contributed by atoms with Crippen LogP contribution in [0.3, 0.4) is 0 Å². The number of aromatic nitrogens is 3. The van der Waals surface area contributed by atoms with Gasteiger partial charge in [-0.05, 0) is 43.4 Å². The maximum absolute atomic E-state index is 13.4. The van der Waals surface area contributed by atoms with E-state index in [-0.39, 0.29) is 11.4 Å². The molecule has 0 spiro atoms. The van der Waals surface area contributed by atoms with Crippen molar-refractivity contribution in [2.24, 2.45) is 11.8 Å². The molecular formula is C18H23F2N3O. The highest BCUT2D eigenvalue weighted by Gasteiger charge is 2.19. The van der Waals surface area contributed by atoms with Crippen LogP contribution in [0.25, 0.3) is 11.4 Å². The van der Waals surface area contributed by atoms with Crippen molar-refractivity contribution in [2.75, 3.05) is 6.61 Å². The fourth-order valence-corrected chi connectivity index (χ4v) is 2.58. The normalized spacial score (nSPS) is 12.7. The van der Waals surface area contributed by atoms with E-state index in [0.717, 1.165) is 12.1 Å². The highest BCUT2D eigenvalue weighted by atomic mass is 19.3. The Morgan fingerprint density at radius 1 is 1.08 bits per heavy atom. The van der Waals surface area contributed by atoms with Crippen LogP contribution in [0.2, 0.25) is 0 Å². The molecular weight excluding hydrogens is 312 g/mol. The first-order valence-electron chi connectivity index (χ1n) is 8.07. The van der Waals surface area contributed by atoms with E-state index >= 15 is 0 Å². The Labute approximate surface area is 141 Å². The predicted octanol–water partition coefficient (Wildman–Crippen LogP) is 4.85. The molecule has 0 N–H and O–H groups in total. The molecule has 2 rings (SSSR count). The summed E-state index contributed by atoms with van der Waals surface area (Å²) in [5.74, 6) is 0.967. The maximum Gasteiger partial charge on any atom is 0.284 e. The van der Waals surface area contributed by atoms with Crippen LogP contribution in [-0.4, -0.2) is 21.6 Å². The number of nitrogens with zero attached hydrogens (tertiary/aromatic N) is 3. The van der Waals surface area contributed by atoms with Crippen LogP contribution in [0.1, 0.15) is 45.0 Å². The van der Waals surface area contributed by atoms with Crippen molar-refractivity contribution in [3.8, 4) is 17.1 Å². The minimum Gasteiger partial charge on any atom is -0.491 e. The van der Waals surface area contributed by atoms with Gasteiger partial charge in [-0.15, -0.1) is 0 Å². The van der Waals surface area contributed by atoms with Gasteiger partial charge in [0.05, 0.1) is 18.0 Å². The fraction of sp³-hybridized carbons (Fsp3) is 0.500. The van der Waals surface area contributed by atoms with Crippen molar-refractivity contribution in [3.63, 3.8) is 0 Å². The number of alkyl halides is 2. The summed E-state index contributed by atoms with van der Waals surface area (Å²) in [7, 11) is 0. The minimum absolute atomic E-state index is 0.134. The summed E-state index contributed by atoms with van der Waals surface area (Å²) >= 11 is 0. The van der Waals surface area contributed by atoms with Crippen LogP contribution in [0, 0.1) is 18.8 Å². The minimum atomic E-state index is -2.71. The lowest BCUT2D eigenvalue weighted by molar-refractivity contribution is 0.137. The first-order chi connectivity index (χ1) is 11.4. The molecule has 130 valence electrons. The van der Waals surface area contributed by atoms with E-state index in [2.05, 4.69) is 28.8 Å². The van der Waals surface area contributed by atoms with Crippen molar-refractivity contribution < 1.29 is 13.5 Å². The monoisotopic (exact) mass is 335 g/mol. The van der Waals surface area contributed by atoms with Crippen molar-refractivity contribution >= 4 is 0 Å².